The number of carbonyl (C=O) groups is 2. The van der Waals surface area contributed by atoms with Crippen molar-refractivity contribution in [1.29, 1.82) is 0 Å². The molecule has 0 saturated heterocycles. The zero-order valence-corrected chi connectivity index (χ0v) is 15.8. The lowest BCUT2D eigenvalue weighted by atomic mass is 10.00. The number of hydrogen-bond donors (Lipinski definition) is 0. The second-order valence-electron chi connectivity index (χ2n) is 6.78. The van der Waals surface area contributed by atoms with Crippen molar-refractivity contribution in [2.45, 2.75) is 103 Å². The van der Waals surface area contributed by atoms with Crippen LogP contribution in [-0.4, -0.2) is 19.0 Å². The summed E-state index contributed by atoms with van der Waals surface area (Å²) in [7, 11) is 1.21. The maximum absolute atomic E-state index is 11.3. The second-order valence-corrected chi connectivity index (χ2v) is 6.78. The third-order valence-corrected chi connectivity index (χ3v) is 4.62. The normalized spacial score (nSPS) is 12.1. The molecule has 0 aliphatic carbocycles. The standard InChI is InChI=1S/C20H38O4/c1-3-4-5-6-7-8-9-10-11-12-13-14-15-16-17-18(19(21)22)20(23)24-2/h18H,3-17H2,1-2H3,(H,21,22)/p-1. The van der Waals surface area contributed by atoms with E-state index in [1.165, 1.54) is 77.7 Å². The highest BCUT2D eigenvalue weighted by Gasteiger charge is 2.19. The maximum Gasteiger partial charge on any atom is 0.314 e. The molecule has 0 aromatic rings. The van der Waals surface area contributed by atoms with E-state index in [0.717, 1.165) is 19.3 Å². The summed E-state index contributed by atoms with van der Waals surface area (Å²) in [5.41, 5.74) is 0. The summed E-state index contributed by atoms with van der Waals surface area (Å²) in [5.74, 6) is -3.12. The van der Waals surface area contributed by atoms with Gasteiger partial charge in [-0.05, 0) is 6.42 Å². The van der Waals surface area contributed by atoms with Crippen LogP contribution in [0.3, 0.4) is 0 Å². The van der Waals surface area contributed by atoms with E-state index in [0.29, 0.717) is 6.42 Å². The molecule has 0 aliphatic heterocycles. The summed E-state index contributed by atoms with van der Waals surface area (Å²) in [6, 6.07) is 0. The fourth-order valence-corrected chi connectivity index (χ4v) is 3.02. The van der Waals surface area contributed by atoms with Crippen molar-refractivity contribution in [1.82, 2.24) is 0 Å². The van der Waals surface area contributed by atoms with Gasteiger partial charge in [0.15, 0.2) is 0 Å². The fraction of sp³-hybridized carbons (Fsp3) is 0.900. The zero-order valence-electron chi connectivity index (χ0n) is 15.8. The molecule has 1 unspecified atom stereocenters. The Morgan fingerprint density at radius 3 is 1.46 bits per heavy atom. The highest BCUT2D eigenvalue weighted by atomic mass is 16.5. The van der Waals surface area contributed by atoms with Gasteiger partial charge < -0.3 is 14.6 Å². The molecule has 4 nitrogen and oxygen atoms in total. The number of carbonyl (C=O) groups excluding carboxylic acids is 2. The van der Waals surface area contributed by atoms with Crippen molar-refractivity contribution in [3.63, 3.8) is 0 Å². The number of hydrogen-bond acceptors (Lipinski definition) is 4. The summed E-state index contributed by atoms with van der Waals surface area (Å²) in [5, 5.41) is 10.9. The van der Waals surface area contributed by atoms with Crippen molar-refractivity contribution in [3.05, 3.63) is 0 Å². The van der Waals surface area contributed by atoms with Gasteiger partial charge >= 0.3 is 5.97 Å². The van der Waals surface area contributed by atoms with E-state index in [1.807, 2.05) is 0 Å². The minimum absolute atomic E-state index is 0.326. The molecule has 0 spiro atoms. The highest BCUT2D eigenvalue weighted by Crippen LogP contribution is 2.15. The van der Waals surface area contributed by atoms with E-state index in [2.05, 4.69) is 11.7 Å². The number of methoxy groups -OCH3 is 1. The largest absolute Gasteiger partial charge is 0.549 e. The number of aliphatic carboxylic acids is 1. The van der Waals surface area contributed by atoms with Crippen LogP contribution in [0.2, 0.25) is 0 Å². The number of ether oxygens (including phenoxy) is 1. The van der Waals surface area contributed by atoms with Gasteiger partial charge in [0.05, 0.1) is 19.0 Å². The van der Waals surface area contributed by atoms with Crippen LogP contribution in [0.25, 0.3) is 0 Å². The first-order valence-electron chi connectivity index (χ1n) is 9.92. The number of esters is 1. The zero-order chi connectivity index (χ0) is 18.0. The van der Waals surface area contributed by atoms with Crippen LogP contribution in [0.1, 0.15) is 103 Å². The topological polar surface area (TPSA) is 66.4 Å². The Morgan fingerprint density at radius 2 is 1.12 bits per heavy atom. The van der Waals surface area contributed by atoms with Crippen LogP contribution in [0.4, 0.5) is 0 Å². The summed E-state index contributed by atoms with van der Waals surface area (Å²) in [6.07, 6.45) is 17.9. The van der Waals surface area contributed by atoms with Gasteiger partial charge in [0.25, 0.3) is 0 Å². The molecule has 0 saturated carbocycles. The highest BCUT2D eigenvalue weighted by molar-refractivity contribution is 5.92. The molecule has 0 fully saturated rings. The van der Waals surface area contributed by atoms with Gasteiger partial charge in [-0.1, -0.05) is 96.8 Å². The molecule has 24 heavy (non-hydrogen) atoms. The Hall–Kier alpha value is -1.06. The molecular formula is C20H37O4-. The van der Waals surface area contributed by atoms with E-state index >= 15 is 0 Å². The Kier molecular flexibility index (Phi) is 16.0. The number of unbranched alkanes of at least 4 members (excludes halogenated alkanes) is 13. The van der Waals surface area contributed by atoms with Crippen molar-refractivity contribution in [3.8, 4) is 0 Å². The smallest absolute Gasteiger partial charge is 0.314 e. The predicted octanol–water partition coefficient (Wildman–Crippen LogP) is 4.40. The third-order valence-electron chi connectivity index (χ3n) is 4.62. The molecule has 0 bridgehead atoms. The van der Waals surface area contributed by atoms with Gasteiger partial charge in [-0.3, -0.25) is 4.79 Å². The van der Waals surface area contributed by atoms with Crippen molar-refractivity contribution in [2.75, 3.05) is 7.11 Å². The van der Waals surface area contributed by atoms with E-state index in [4.69, 9.17) is 0 Å². The first-order chi connectivity index (χ1) is 11.6. The molecule has 0 aromatic carbocycles. The van der Waals surface area contributed by atoms with Crippen molar-refractivity contribution in [2.24, 2.45) is 5.92 Å². The van der Waals surface area contributed by atoms with Crippen molar-refractivity contribution < 1.29 is 19.4 Å². The van der Waals surface area contributed by atoms with E-state index in [9.17, 15) is 14.7 Å². The number of rotatable bonds is 17. The maximum atomic E-state index is 11.3. The van der Waals surface area contributed by atoms with Gasteiger partial charge in [-0.2, -0.15) is 0 Å². The minimum Gasteiger partial charge on any atom is -0.549 e. The predicted molar refractivity (Wildman–Crippen MR) is 95.4 cm³/mol. The molecular weight excluding hydrogens is 304 g/mol. The van der Waals surface area contributed by atoms with Crippen molar-refractivity contribution >= 4 is 11.9 Å². The summed E-state index contributed by atoms with van der Waals surface area (Å²) in [6.45, 7) is 2.25. The Balaban J connectivity index is 3.33. The summed E-state index contributed by atoms with van der Waals surface area (Å²) in [4.78, 5) is 22.1. The molecule has 0 aromatic heterocycles. The molecule has 0 amide bonds. The van der Waals surface area contributed by atoms with E-state index in [-0.39, 0.29) is 0 Å². The van der Waals surface area contributed by atoms with Gasteiger partial charge in [-0.15, -0.1) is 0 Å². The Labute approximate surface area is 148 Å². The van der Waals surface area contributed by atoms with Gasteiger partial charge in [0, 0.05) is 0 Å². The average Bonchev–Trinajstić information content (AvgIpc) is 2.57. The van der Waals surface area contributed by atoms with Crippen LogP contribution >= 0.6 is 0 Å². The third kappa shape index (κ3) is 13.4. The molecule has 142 valence electrons. The summed E-state index contributed by atoms with van der Waals surface area (Å²) >= 11 is 0. The van der Waals surface area contributed by atoms with E-state index in [1.54, 1.807) is 0 Å². The molecule has 0 rings (SSSR count). The fourth-order valence-electron chi connectivity index (χ4n) is 3.02. The monoisotopic (exact) mass is 341 g/mol. The Bertz CT molecular complexity index is 315. The Morgan fingerprint density at radius 1 is 0.750 bits per heavy atom. The van der Waals surface area contributed by atoms with E-state index < -0.39 is 17.9 Å². The average molecular weight is 342 g/mol. The minimum atomic E-state index is -1.32. The van der Waals surface area contributed by atoms with Gasteiger partial charge in [0.1, 0.15) is 0 Å². The van der Waals surface area contributed by atoms with Gasteiger partial charge in [-0.25, -0.2) is 0 Å². The molecule has 0 heterocycles. The second kappa shape index (κ2) is 16.8. The lowest BCUT2D eigenvalue weighted by Gasteiger charge is -2.15. The van der Waals surface area contributed by atoms with Crippen LogP contribution in [-0.2, 0) is 14.3 Å². The van der Waals surface area contributed by atoms with Gasteiger partial charge in [0.2, 0.25) is 0 Å². The van der Waals surface area contributed by atoms with Crippen LogP contribution in [0, 0.1) is 5.92 Å². The quantitative estimate of drug-likeness (QED) is 0.223. The molecule has 0 N–H and O–H groups in total. The van der Waals surface area contributed by atoms with Crippen LogP contribution in [0.5, 0.6) is 0 Å². The van der Waals surface area contributed by atoms with Crippen LogP contribution in [0.15, 0.2) is 0 Å². The lowest BCUT2D eigenvalue weighted by Crippen LogP contribution is -2.37. The SMILES string of the molecule is CCCCCCCCCCCCCCCCC(C(=O)[O-])C(=O)OC. The van der Waals surface area contributed by atoms with Crippen LogP contribution < -0.4 is 5.11 Å². The molecule has 0 aliphatic rings. The first kappa shape index (κ1) is 22.9. The number of carboxylic acids is 1. The summed E-state index contributed by atoms with van der Waals surface area (Å²) < 4.78 is 4.48. The lowest BCUT2D eigenvalue weighted by molar-refractivity contribution is -0.310. The molecule has 1 atom stereocenters. The molecule has 0 radical (unpaired) electrons. The first-order valence-corrected chi connectivity index (χ1v) is 9.92. The molecule has 4 heteroatoms. The number of carboxylic acid groups (broad SMARTS) is 1.